The minimum absolute atomic E-state index is 0.218. The van der Waals surface area contributed by atoms with Crippen LogP contribution >= 0.6 is 0 Å². The van der Waals surface area contributed by atoms with E-state index in [1.54, 1.807) is 0 Å². The Kier molecular flexibility index (Phi) is 2.91. The van der Waals surface area contributed by atoms with Crippen molar-refractivity contribution in [2.45, 2.75) is 19.0 Å². The lowest BCUT2D eigenvalue weighted by molar-refractivity contribution is 0.726. The summed E-state index contributed by atoms with van der Waals surface area (Å²) in [6.45, 7) is 0. The third-order valence-electron chi connectivity index (χ3n) is 4.54. The van der Waals surface area contributed by atoms with E-state index in [0.29, 0.717) is 0 Å². The lowest BCUT2D eigenvalue weighted by Crippen LogP contribution is -2.22. The Morgan fingerprint density at radius 1 is 1.04 bits per heavy atom. The molecule has 5 nitrogen and oxygen atoms in total. The molecule has 1 aromatic carbocycles. The highest BCUT2D eigenvalue weighted by atomic mass is 15.2. The van der Waals surface area contributed by atoms with Crippen LogP contribution in [0.2, 0.25) is 0 Å². The van der Waals surface area contributed by atoms with Gasteiger partial charge in [-0.1, -0.05) is 6.07 Å². The van der Waals surface area contributed by atoms with Crippen LogP contribution in [0, 0.1) is 0 Å². The number of rotatable bonds is 3. The average Bonchev–Trinajstić information content (AvgIpc) is 3.23. The molecule has 3 aromatic heterocycles. The van der Waals surface area contributed by atoms with Gasteiger partial charge >= 0.3 is 0 Å². The van der Waals surface area contributed by atoms with Crippen molar-refractivity contribution in [3.63, 3.8) is 0 Å². The number of aromatic nitrogens is 3. The smallest absolute Gasteiger partial charge is 0.136 e. The summed E-state index contributed by atoms with van der Waals surface area (Å²) in [6, 6.07) is 14.3. The molecule has 0 radical (unpaired) electrons. The molecule has 0 saturated carbocycles. The molecule has 1 aliphatic rings. The monoisotopic (exact) mass is 315 g/mol. The third-order valence-corrected chi connectivity index (χ3v) is 4.54. The Hall–Kier alpha value is -3.08. The van der Waals surface area contributed by atoms with Crippen LogP contribution in [0.25, 0.3) is 16.6 Å². The van der Waals surface area contributed by atoms with Gasteiger partial charge in [0, 0.05) is 24.0 Å². The fourth-order valence-electron chi connectivity index (χ4n) is 3.37. The Balaban J connectivity index is 1.35. The lowest BCUT2D eigenvalue weighted by Gasteiger charge is -2.11. The number of fused-ring (bicyclic) bond motifs is 4. The summed E-state index contributed by atoms with van der Waals surface area (Å²) in [5, 5.41) is 8.32. The molecule has 0 spiro atoms. The highest BCUT2D eigenvalue weighted by molar-refractivity contribution is 6.00. The Morgan fingerprint density at radius 3 is 3.00 bits per heavy atom. The fourth-order valence-corrected chi connectivity index (χ4v) is 3.37. The van der Waals surface area contributed by atoms with E-state index in [-0.39, 0.29) is 6.17 Å². The molecular weight excluding hydrogens is 298 g/mol. The first-order valence-corrected chi connectivity index (χ1v) is 8.20. The van der Waals surface area contributed by atoms with Crippen LogP contribution in [0.3, 0.4) is 0 Å². The summed E-state index contributed by atoms with van der Waals surface area (Å²) in [5.74, 6) is 0. The molecule has 24 heavy (non-hydrogen) atoms. The van der Waals surface area contributed by atoms with Crippen molar-refractivity contribution >= 4 is 27.9 Å². The van der Waals surface area contributed by atoms with E-state index >= 15 is 0 Å². The third kappa shape index (κ3) is 2.17. The van der Waals surface area contributed by atoms with Gasteiger partial charge in [-0.15, -0.1) is 0 Å². The van der Waals surface area contributed by atoms with Gasteiger partial charge in [-0.25, -0.2) is 4.98 Å². The second-order valence-electron chi connectivity index (χ2n) is 6.14. The van der Waals surface area contributed by atoms with Gasteiger partial charge in [0.15, 0.2) is 0 Å². The van der Waals surface area contributed by atoms with Crippen LogP contribution < -0.4 is 10.6 Å². The molecule has 5 heteroatoms. The first-order chi connectivity index (χ1) is 11.9. The molecule has 4 aromatic rings. The largest absolute Gasteiger partial charge is 0.364 e. The van der Waals surface area contributed by atoms with Crippen molar-refractivity contribution < 1.29 is 0 Å². The molecule has 5 rings (SSSR count). The van der Waals surface area contributed by atoms with Gasteiger partial charge in [-0.2, -0.15) is 0 Å². The number of anilines is 2. The number of nitrogens with one attached hydrogen (secondary N) is 2. The second-order valence-corrected chi connectivity index (χ2v) is 6.14. The first kappa shape index (κ1) is 13.4. The summed E-state index contributed by atoms with van der Waals surface area (Å²) >= 11 is 0. The SMILES string of the molecule is c1cnc2ccc3c(c2c1)NC(CCc1cn2ccccc2n1)N3. The van der Waals surface area contributed by atoms with Crippen LogP contribution in [0.15, 0.2) is 61.1 Å². The minimum Gasteiger partial charge on any atom is -0.364 e. The summed E-state index contributed by atoms with van der Waals surface area (Å²) in [5.41, 5.74) is 5.44. The molecular formula is C19H17N5. The minimum atomic E-state index is 0.218. The summed E-state index contributed by atoms with van der Waals surface area (Å²) < 4.78 is 2.07. The zero-order valence-electron chi connectivity index (χ0n) is 13.1. The van der Waals surface area contributed by atoms with Crippen LogP contribution in [0.4, 0.5) is 11.4 Å². The van der Waals surface area contributed by atoms with Crippen LogP contribution in [-0.2, 0) is 6.42 Å². The number of hydrogen-bond acceptors (Lipinski definition) is 4. The van der Waals surface area contributed by atoms with E-state index < -0.39 is 0 Å². The number of nitrogens with zero attached hydrogens (tertiary/aromatic N) is 3. The molecule has 0 aliphatic carbocycles. The molecule has 4 heterocycles. The highest BCUT2D eigenvalue weighted by Crippen LogP contribution is 2.36. The van der Waals surface area contributed by atoms with Gasteiger partial charge in [0.05, 0.1) is 28.8 Å². The van der Waals surface area contributed by atoms with Gasteiger partial charge < -0.3 is 15.0 Å². The fraction of sp³-hybridized carbons (Fsp3) is 0.158. The quantitative estimate of drug-likeness (QED) is 0.605. The maximum absolute atomic E-state index is 4.67. The van der Waals surface area contributed by atoms with E-state index in [0.717, 1.165) is 46.5 Å². The highest BCUT2D eigenvalue weighted by Gasteiger charge is 2.21. The van der Waals surface area contributed by atoms with Gasteiger partial charge in [0.25, 0.3) is 0 Å². The predicted octanol–water partition coefficient (Wildman–Crippen LogP) is 3.68. The Morgan fingerprint density at radius 2 is 2.04 bits per heavy atom. The Labute approximate surface area is 139 Å². The van der Waals surface area contributed by atoms with Gasteiger partial charge in [0.1, 0.15) is 5.65 Å². The number of pyridine rings is 2. The lowest BCUT2D eigenvalue weighted by atomic mass is 10.1. The van der Waals surface area contributed by atoms with Crippen molar-refractivity contribution in [3.8, 4) is 0 Å². The molecule has 0 fully saturated rings. The maximum atomic E-state index is 4.67. The van der Waals surface area contributed by atoms with Crippen LogP contribution in [0.5, 0.6) is 0 Å². The van der Waals surface area contributed by atoms with Crippen molar-refractivity contribution in [2.24, 2.45) is 0 Å². The predicted molar refractivity (Wildman–Crippen MR) is 96.3 cm³/mol. The molecule has 0 bridgehead atoms. The summed E-state index contributed by atoms with van der Waals surface area (Å²) in [4.78, 5) is 9.09. The van der Waals surface area contributed by atoms with Gasteiger partial charge in [-0.05, 0) is 49.2 Å². The number of imidazole rings is 1. The van der Waals surface area contributed by atoms with Crippen molar-refractivity contribution in [1.82, 2.24) is 14.4 Å². The van der Waals surface area contributed by atoms with E-state index in [4.69, 9.17) is 0 Å². The average molecular weight is 315 g/mol. The van der Waals surface area contributed by atoms with E-state index in [2.05, 4.69) is 49.4 Å². The standard InChI is InChI=1S/C19H17N5/c1-2-11-24-12-13(21-18(24)5-1)6-9-17-22-16-8-7-15-14(19(16)23-17)4-3-10-20-15/h1-5,7-8,10-12,17,22-23H,6,9H2. The maximum Gasteiger partial charge on any atom is 0.136 e. The zero-order chi connectivity index (χ0) is 15.9. The van der Waals surface area contributed by atoms with Crippen molar-refractivity contribution in [2.75, 3.05) is 10.6 Å². The van der Waals surface area contributed by atoms with Crippen molar-refractivity contribution in [3.05, 3.63) is 66.7 Å². The number of hydrogen-bond donors (Lipinski definition) is 2. The normalized spacial score (nSPS) is 16.1. The van der Waals surface area contributed by atoms with Gasteiger partial charge in [0.2, 0.25) is 0 Å². The van der Waals surface area contributed by atoms with E-state index in [9.17, 15) is 0 Å². The molecule has 1 unspecified atom stereocenters. The summed E-state index contributed by atoms with van der Waals surface area (Å²) in [7, 11) is 0. The Bertz CT molecular complexity index is 1000. The van der Waals surface area contributed by atoms with E-state index in [1.807, 2.05) is 36.7 Å². The van der Waals surface area contributed by atoms with E-state index in [1.165, 1.54) is 0 Å². The van der Waals surface area contributed by atoms with Gasteiger partial charge in [-0.3, -0.25) is 4.98 Å². The number of benzene rings is 1. The second kappa shape index (κ2) is 5.23. The van der Waals surface area contributed by atoms with Crippen LogP contribution in [0.1, 0.15) is 12.1 Å². The first-order valence-electron chi connectivity index (χ1n) is 8.20. The summed E-state index contributed by atoms with van der Waals surface area (Å²) in [6.07, 6.45) is 8.09. The molecule has 2 N–H and O–H groups in total. The van der Waals surface area contributed by atoms with Crippen LogP contribution in [-0.4, -0.2) is 20.5 Å². The molecule has 0 saturated heterocycles. The topological polar surface area (TPSA) is 54.2 Å². The molecule has 118 valence electrons. The molecule has 0 amide bonds. The number of aryl methyl sites for hydroxylation is 1. The zero-order valence-corrected chi connectivity index (χ0v) is 13.1. The van der Waals surface area contributed by atoms with Crippen molar-refractivity contribution in [1.29, 1.82) is 0 Å². The molecule has 1 aliphatic heterocycles. The molecule has 1 atom stereocenters.